The van der Waals surface area contributed by atoms with E-state index in [0.29, 0.717) is 5.92 Å². The van der Waals surface area contributed by atoms with Crippen molar-refractivity contribution in [3.8, 4) is 5.75 Å². The van der Waals surface area contributed by atoms with E-state index in [1.165, 1.54) is 23.8 Å². The molecule has 0 N–H and O–H groups in total. The van der Waals surface area contributed by atoms with Crippen LogP contribution in [0.2, 0.25) is 0 Å². The molecule has 1 atom stereocenters. The van der Waals surface area contributed by atoms with Crippen LogP contribution in [0.3, 0.4) is 0 Å². The van der Waals surface area contributed by atoms with Crippen LogP contribution in [0.4, 0.5) is 4.39 Å². The van der Waals surface area contributed by atoms with Gasteiger partial charge in [-0.1, -0.05) is 44.2 Å². The van der Waals surface area contributed by atoms with E-state index in [1.807, 2.05) is 24.3 Å². The van der Waals surface area contributed by atoms with E-state index in [4.69, 9.17) is 4.74 Å². The Bertz CT molecular complexity index is 632. The fraction of sp³-hybridized carbons (Fsp3) is 0.316. The fourth-order valence-electron chi connectivity index (χ4n) is 2.28. The van der Waals surface area contributed by atoms with Crippen molar-refractivity contribution >= 4 is 5.97 Å². The third-order valence-electron chi connectivity index (χ3n) is 3.49. The van der Waals surface area contributed by atoms with Gasteiger partial charge in [-0.05, 0) is 42.5 Å². The minimum atomic E-state index is -0.420. The lowest BCUT2D eigenvalue weighted by molar-refractivity contribution is -0.135. The van der Waals surface area contributed by atoms with Crippen LogP contribution in [0.25, 0.3) is 0 Å². The van der Waals surface area contributed by atoms with Gasteiger partial charge in [0.1, 0.15) is 11.6 Å². The fourth-order valence-corrected chi connectivity index (χ4v) is 2.28. The number of benzene rings is 2. The van der Waals surface area contributed by atoms with Crippen molar-refractivity contribution < 1.29 is 13.9 Å². The largest absolute Gasteiger partial charge is 0.426 e. The lowest BCUT2D eigenvalue weighted by atomic mass is 9.97. The molecule has 2 nitrogen and oxygen atoms in total. The quantitative estimate of drug-likeness (QED) is 0.589. The highest BCUT2D eigenvalue weighted by molar-refractivity contribution is 5.79. The molecule has 2 aromatic rings. The van der Waals surface area contributed by atoms with Gasteiger partial charge in [-0.2, -0.15) is 0 Å². The van der Waals surface area contributed by atoms with E-state index in [-0.39, 0.29) is 11.7 Å². The number of hydrogen-bond acceptors (Lipinski definition) is 2. The zero-order chi connectivity index (χ0) is 16.1. The number of ether oxygens (including phenoxy) is 1. The van der Waals surface area contributed by atoms with Gasteiger partial charge in [0.25, 0.3) is 0 Å². The second-order valence-electron chi connectivity index (χ2n) is 5.94. The summed E-state index contributed by atoms with van der Waals surface area (Å²) in [5.41, 5.74) is 2.15. The van der Waals surface area contributed by atoms with Gasteiger partial charge >= 0.3 is 5.97 Å². The predicted octanol–water partition coefficient (Wildman–Crippen LogP) is 4.73. The molecule has 0 saturated carbocycles. The number of carbonyl (C=O) groups is 1. The van der Waals surface area contributed by atoms with E-state index in [1.54, 1.807) is 13.0 Å². The van der Waals surface area contributed by atoms with E-state index in [9.17, 15) is 9.18 Å². The summed E-state index contributed by atoms with van der Waals surface area (Å²) in [5, 5.41) is 0. The molecule has 0 heterocycles. The molecule has 0 aliphatic carbocycles. The Morgan fingerprint density at radius 3 is 2.36 bits per heavy atom. The molecule has 0 spiro atoms. The second-order valence-corrected chi connectivity index (χ2v) is 5.94. The minimum absolute atomic E-state index is 0.230. The van der Waals surface area contributed by atoms with Gasteiger partial charge in [0.05, 0.1) is 5.92 Å². The lowest BCUT2D eigenvalue weighted by Crippen LogP contribution is -2.16. The van der Waals surface area contributed by atoms with Crippen LogP contribution in [0.5, 0.6) is 5.75 Å². The Labute approximate surface area is 130 Å². The Kier molecular flexibility index (Phi) is 5.31. The van der Waals surface area contributed by atoms with E-state index >= 15 is 0 Å². The first kappa shape index (κ1) is 16.2. The summed E-state index contributed by atoms with van der Waals surface area (Å²) in [6.45, 7) is 6.14. The second kappa shape index (κ2) is 7.21. The normalized spacial score (nSPS) is 12.2. The maximum Gasteiger partial charge on any atom is 0.318 e. The van der Waals surface area contributed by atoms with Crippen molar-refractivity contribution in [3.63, 3.8) is 0 Å². The van der Waals surface area contributed by atoms with Crippen LogP contribution in [0, 0.1) is 11.7 Å². The van der Waals surface area contributed by atoms with Gasteiger partial charge in [-0.3, -0.25) is 4.79 Å². The standard InChI is InChI=1S/C19H21FO2/c1-13(2)11-15-7-9-16(10-8-15)14(3)19(21)22-18-6-4-5-17(20)12-18/h4-10,12-14H,11H2,1-3H3/t14-/m0/s1. The summed E-state index contributed by atoms with van der Waals surface area (Å²) in [4.78, 5) is 12.1. The van der Waals surface area contributed by atoms with Crippen LogP contribution in [-0.2, 0) is 11.2 Å². The molecule has 3 heteroatoms. The van der Waals surface area contributed by atoms with Crippen molar-refractivity contribution in [3.05, 3.63) is 65.5 Å². The SMILES string of the molecule is CC(C)Cc1ccc([C@H](C)C(=O)Oc2cccc(F)c2)cc1. The molecule has 2 rings (SSSR count). The maximum atomic E-state index is 13.1. The van der Waals surface area contributed by atoms with Crippen LogP contribution >= 0.6 is 0 Å². The van der Waals surface area contributed by atoms with Crippen molar-refractivity contribution in [1.29, 1.82) is 0 Å². The topological polar surface area (TPSA) is 26.3 Å². The number of esters is 1. The molecule has 116 valence electrons. The number of carbonyl (C=O) groups excluding carboxylic acids is 1. The first-order valence-electron chi connectivity index (χ1n) is 7.52. The maximum absolute atomic E-state index is 13.1. The molecule has 0 aliphatic heterocycles. The van der Waals surface area contributed by atoms with Gasteiger partial charge in [0.2, 0.25) is 0 Å². The highest BCUT2D eigenvalue weighted by Crippen LogP contribution is 2.21. The number of rotatable bonds is 5. The summed E-state index contributed by atoms with van der Waals surface area (Å²) in [5.74, 6) is -0.371. The molecular weight excluding hydrogens is 279 g/mol. The third kappa shape index (κ3) is 4.42. The molecule has 0 aliphatic rings. The van der Waals surface area contributed by atoms with Crippen molar-refractivity contribution in [2.75, 3.05) is 0 Å². The minimum Gasteiger partial charge on any atom is -0.426 e. The Morgan fingerprint density at radius 2 is 1.77 bits per heavy atom. The molecule has 0 unspecified atom stereocenters. The van der Waals surface area contributed by atoms with Crippen LogP contribution in [0.15, 0.2) is 48.5 Å². The zero-order valence-electron chi connectivity index (χ0n) is 13.2. The summed E-state index contributed by atoms with van der Waals surface area (Å²) < 4.78 is 18.3. The van der Waals surface area contributed by atoms with Crippen LogP contribution < -0.4 is 4.74 Å². The summed E-state index contributed by atoms with van der Waals surface area (Å²) in [6, 6.07) is 13.6. The molecule has 22 heavy (non-hydrogen) atoms. The molecule has 0 radical (unpaired) electrons. The van der Waals surface area contributed by atoms with Crippen LogP contribution in [0.1, 0.15) is 37.8 Å². The monoisotopic (exact) mass is 300 g/mol. The molecule has 0 bridgehead atoms. The lowest BCUT2D eigenvalue weighted by Gasteiger charge is -2.13. The van der Waals surface area contributed by atoms with Crippen molar-refractivity contribution in [2.45, 2.75) is 33.1 Å². The zero-order valence-corrected chi connectivity index (χ0v) is 13.2. The van der Waals surface area contributed by atoms with Crippen LogP contribution in [-0.4, -0.2) is 5.97 Å². The van der Waals surface area contributed by atoms with E-state index in [0.717, 1.165) is 12.0 Å². The predicted molar refractivity (Wildman–Crippen MR) is 85.4 cm³/mol. The first-order chi connectivity index (χ1) is 10.5. The van der Waals surface area contributed by atoms with Crippen molar-refractivity contribution in [2.24, 2.45) is 5.92 Å². The molecule has 0 fully saturated rings. The van der Waals surface area contributed by atoms with Gasteiger partial charge in [-0.25, -0.2) is 4.39 Å². The highest BCUT2D eigenvalue weighted by Gasteiger charge is 2.17. The smallest absolute Gasteiger partial charge is 0.318 e. The highest BCUT2D eigenvalue weighted by atomic mass is 19.1. The molecule has 0 saturated heterocycles. The molecular formula is C19H21FO2. The molecule has 0 amide bonds. The van der Waals surface area contributed by atoms with Crippen molar-refractivity contribution in [1.82, 2.24) is 0 Å². The Balaban J connectivity index is 2.03. The summed E-state index contributed by atoms with van der Waals surface area (Å²) in [6.07, 6.45) is 1.02. The average molecular weight is 300 g/mol. The average Bonchev–Trinajstić information content (AvgIpc) is 2.46. The van der Waals surface area contributed by atoms with Gasteiger partial charge < -0.3 is 4.74 Å². The van der Waals surface area contributed by atoms with E-state index in [2.05, 4.69) is 13.8 Å². The van der Waals surface area contributed by atoms with Gasteiger partial charge in [0, 0.05) is 6.07 Å². The van der Waals surface area contributed by atoms with Gasteiger partial charge in [0.15, 0.2) is 0 Å². The van der Waals surface area contributed by atoms with E-state index < -0.39 is 11.7 Å². The summed E-state index contributed by atoms with van der Waals surface area (Å²) in [7, 11) is 0. The number of hydrogen-bond donors (Lipinski definition) is 0. The van der Waals surface area contributed by atoms with Gasteiger partial charge in [-0.15, -0.1) is 0 Å². The Morgan fingerprint density at radius 1 is 1.09 bits per heavy atom. The first-order valence-corrected chi connectivity index (χ1v) is 7.52. The summed E-state index contributed by atoms with van der Waals surface area (Å²) >= 11 is 0. The Hall–Kier alpha value is -2.16. The third-order valence-corrected chi connectivity index (χ3v) is 3.49. The molecule has 0 aromatic heterocycles. The molecule has 2 aromatic carbocycles. The number of halogens is 1.